The Hall–Kier alpha value is -2.93. The third-order valence-electron chi connectivity index (χ3n) is 5.12. The van der Waals surface area contributed by atoms with Crippen molar-refractivity contribution >= 4 is 11.9 Å². The van der Waals surface area contributed by atoms with Crippen LogP contribution in [0.15, 0.2) is 53.7 Å². The summed E-state index contributed by atoms with van der Waals surface area (Å²) in [6.07, 6.45) is 1.82. The Morgan fingerprint density at radius 1 is 1.13 bits per heavy atom. The summed E-state index contributed by atoms with van der Waals surface area (Å²) < 4.78 is 0. The number of carbonyl (C=O) groups is 1. The molecule has 1 saturated heterocycles. The van der Waals surface area contributed by atoms with E-state index < -0.39 is 0 Å². The Kier molecular flexibility index (Phi) is 8.41. The maximum atomic E-state index is 12.0. The summed E-state index contributed by atoms with van der Waals surface area (Å²) in [5, 5.41) is 6.38. The second-order valence-electron chi connectivity index (χ2n) is 8.07. The first-order valence-corrected chi connectivity index (χ1v) is 11.1. The van der Waals surface area contributed by atoms with Crippen molar-refractivity contribution in [2.24, 2.45) is 4.99 Å². The summed E-state index contributed by atoms with van der Waals surface area (Å²) in [6, 6.07) is 14.5. The molecule has 1 aromatic heterocycles. The molecule has 1 amide bonds. The van der Waals surface area contributed by atoms with Gasteiger partial charge in [-0.3, -0.25) is 14.7 Å². The first kappa shape index (κ1) is 22.7. The van der Waals surface area contributed by atoms with Crippen molar-refractivity contribution in [1.29, 1.82) is 0 Å². The normalized spacial score (nSPS) is 15.2. The van der Waals surface area contributed by atoms with Gasteiger partial charge in [0.25, 0.3) is 0 Å². The molecular formula is C24H34N6O. The van der Waals surface area contributed by atoms with Crippen LogP contribution in [0.1, 0.15) is 26.3 Å². The van der Waals surface area contributed by atoms with E-state index in [1.54, 1.807) is 0 Å². The van der Waals surface area contributed by atoms with E-state index in [4.69, 9.17) is 4.99 Å². The van der Waals surface area contributed by atoms with Crippen LogP contribution in [0.2, 0.25) is 0 Å². The first-order valence-electron chi connectivity index (χ1n) is 11.1. The molecule has 166 valence electrons. The Balaban J connectivity index is 1.59. The molecule has 0 unspecified atom stereocenters. The standard InChI is InChI=1S/C24H34N6O/c1-4-25-24(30-14-12-29(13-15-30)18-23(31)28-19(2)3)27-17-20-8-7-9-21(16-20)22-10-5-6-11-26-22/h5-11,16,19H,4,12-15,17-18H2,1-3H3,(H,25,27)(H,28,31). The van der Waals surface area contributed by atoms with Crippen molar-refractivity contribution in [2.75, 3.05) is 39.3 Å². The number of rotatable bonds is 7. The number of nitrogens with zero attached hydrogens (tertiary/aromatic N) is 4. The lowest BCUT2D eigenvalue weighted by Gasteiger charge is -2.36. The second-order valence-corrected chi connectivity index (χ2v) is 8.07. The van der Waals surface area contributed by atoms with Gasteiger partial charge in [0.2, 0.25) is 5.91 Å². The highest BCUT2D eigenvalue weighted by molar-refractivity contribution is 5.80. The van der Waals surface area contributed by atoms with Crippen LogP contribution in [0, 0.1) is 0 Å². The minimum absolute atomic E-state index is 0.0943. The smallest absolute Gasteiger partial charge is 0.234 e. The Labute approximate surface area is 185 Å². The van der Waals surface area contributed by atoms with E-state index in [9.17, 15) is 4.79 Å². The third kappa shape index (κ3) is 7.07. The molecule has 1 aromatic carbocycles. The van der Waals surface area contributed by atoms with E-state index in [-0.39, 0.29) is 11.9 Å². The molecule has 3 rings (SSSR count). The number of hydrogen-bond donors (Lipinski definition) is 2. The van der Waals surface area contributed by atoms with E-state index in [0.717, 1.165) is 55.5 Å². The number of guanidine groups is 1. The van der Waals surface area contributed by atoms with E-state index in [0.29, 0.717) is 13.1 Å². The fourth-order valence-electron chi connectivity index (χ4n) is 3.64. The Morgan fingerprint density at radius 3 is 2.61 bits per heavy atom. The van der Waals surface area contributed by atoms with E-state index in [1.165, 1.54) is 0 Å². The maximum Gasteiger partial charge on any atom is 0.234 e. The molecule has 0 radical (unpaired) electrons. The number of aromatic nitrogens is 1. The van der Waals surface area contributed by atoms with Gasteiger partial charge in [0.05, 0.1) is 18.8 Å². The van der Waals surface area contributed by atoms with E-state index in [1.807, 2.05) is 38.2 Å². The van der Waals surface area contributed by atoms with Gasteiger partial charge < -0.3 is 15.5 Å². The highest BCUT2D eigenvalue weighted by Gasteiger charge is 2.21. The zero-order valence-electron chi connectivity index (χ0n) is 18.8. The lowest BCUT2D eigenvalue weighted by Crippen LogP contribution is -2.54. The summed E-state index contributed by atoms with van der Waals surface area (Å²) in [6.45, 7) is 11.4. The molecule has 7 heteroatoms. The zero-order valence-corrected chi connectivity index (χ0v) is 18.8. The molecule has 2 N–H and O–H groups in total. The lowest BCUT2D eigenvalue weighted by atomic mass is 10.1. The summed E-state index contributed by atoms with van der Waals surface area (Å²) >= 11 is 0. The fourth-order valence-corrected chi connectivity index (χ4v) is 3.64. The van der Waals surface area contributed by atoms with Crippen molar-refractivity contribution in [3.8, 4) is 11.3 Å². The van der Waals surface area contributed by atoms with Crippen LogP contribution >= 0.6 is 0 Å². The third-order valence-corrected chi connectivity index (χ3v) is 5.12. The second kappa shape index (κ2) is 11.5. The van der Waals surface area contributed by atoms with Crippen molar-refractivity contribution in [3.05, 3.63) is 54.2 Å². The molecule has 0 saturated carbocycles. The van der Waals surface area contributed by atoms with Gasteiger partial charge in [-0.25, -0.2) is 4.99 Å². The van der Waals surface area contributed by atoms with Crippen LogP contribution in [-0.4, -0.2) is 72.0 Å². The molecule has 0 bridgehead atoms. The van der Waals surface area contributed by atoms with Crippen molar-refractivity contribution in [1.82, 2.24) is 25.4 Å². The summed E-state index contributed by atoms with van der Waals surface area (Å²) in [5.41, 5.74) is 3.23. The Bertz CT molecular complexity index is 859. The average molecular weight is 423 g/mol. The number of amides is 1. The van der Waals surface area contributed by atoms with E-state index >= 15 is 0 Å². The number of nitrogens with one attached hydrogen (secondary N) is 2. The fraction of sp³-hybridized carbons (Fsp3) is 0.458. The van der Waals surface area contributed by atoms with Crippen LogP contribution in [0.5, 0.6) is 0 Å². The summed E-state index contributed by atoms with van der Waals surface area (Å²) in [7, 11) is 0. The molecule has 1 aliphatic rings. The molecule has 0 spiro atoms. The summed E-state index contributed by atoms with van der Waals surface area (Å²) in [4.78, 5) is 25.8. The monoisotopic (exact) mass is 422 g/mol. The molecule has 0 aliphatic carbocycles. The van der Waals surface area contributed by atoms with Crippen molar-refractivity contribution < 1.29 is 4.79 Å². The van der Waals surface area contributed by atoms with Crippen LogP contribution in [0.3, 0.4) is 0 Å². The highest BCUT2D eigenvalue weighted by Crippen LogP contribution is 2.18. The van der Waals surface area contributed by atoms with Crippen molar-refractivity contribution in [2.45, 2.75) is 33.4 Å². The number of pyridine rings is 1. The Morgan fingerprint density at radius 2 is 1.94 bits per heavy atom. The van der Waals surface area contributed by atoms with Crippen LogP contribution in [0.25, 0.3) is 11.3 Å². The average Bonchev–Trinajstić information content (AvgIpc) is 2.77. The van der Waals surface area contributed by atoms with Crippen LogP contribution in [-0.2, 0) is 11.3 Å². The largest absolute Gasteiger partial charge is 0.357 e. The quantitative estimate of drug-likeness (QED) is 0.529. The maximum absolute atomic E-state index is 12.0. The first-order chi connectivity index (χ1) is 15.0. The molecule has 2 heterocycles. The SMILES string of the molecule is CCNC(=NCc1cccc(-c2ccccn2)c1)N1CCN(CC(=O)NC(C)C)CC1. The van der Waals surface area contributed by atoms with Gasteiger partial charge in [-0.2, -0.15) is 0 Å². The van der Waals surface area contributed by atoms with E-state index in [2.05, 4.69) is 56.6 Å². The molecule has 1 fully saturated rings. The number of aliphatic imine (C=N–C) groups is 1. The minimum Gasteiger partial charge on any atom is -0.357 e. The predicted molar refractivity (Wildman–Crippen MR) is 126 cm³/mol. The number of hydrogen-bond acceptors (Lipinski definition) is 4. The van der Waals surface area contributed by atoms with Crippen LogP contribution < -0.4 is 10.6 Å². The molecule has 7 nitrogen and oxygen atoms in total. The lowest BCUT2D eigenvalue weighted by molar-refractivity contribution is -0.123. The topological polar surface area (TPSA) is 72.9 Å². The van der Waals surface area contributed by atoms with Gasteiger partial charge in [0.1, 0.15) is 0 Å². The predicted octanol–water partition coefficient (Wildman–Crippen LogP) is 2.36. The molecule has 0 atom stereocenters. The highest BCUT2D eigenvalue weighted by atomic mass is 16.2. The van der Waals surface area contributed by atoms with Crippen molar-refractivity contribution in [3.63, 3.8) is 0 Å². The van der Waals surface area contributed by atoms with Gasteiger partial charge in [-0.1, -0.05) is 24.3 Å². The zero-order chi connectivity index (χ0) is 22.1. The molecular weight excluding hydrogens is 388 g/mol. The van der Waals surface area contributed by atoms with Crippen LogP contribution in [0.4, 0.5) is 0 Å². The van der Waals surface area contributed by atoms with Gasteiger partial charge in [-0.05, 0) is 44.5 Å². The number of piperazine rings is 1. The summed E-state index contributed by atoms with van der Waals surface area (Å²) in [5.74, 6) is 1.02. The minimum atomic E-state index is 0.0943. The number of benzene rings is 1. The molecule has 1 aliphatic heterocycles. The van der Waals surface area contributed by atoms with Gasteiger partial charge in [0.15, 0.2) is 5.96 Å². The molecule has 2 aromatic rings. The molecule has 31 heavy (non-hydrogen) atoms. The van der Waals surface area contributed by atoms with Gasteiger partial charge in [-0.15, -0.1) is 0 Å². The van der Waals surface area contributed by atoms with Gasteiger partial charge >= 0.3 is 0 Å². The number of carbonyl (C=O) groups excluding carboxylic acids is 1. The van der Waals surface area contributed by atoms with Gasteiger partial charge in [0, 0.05) is 50.5 Å².